The molecule has 1 rings (SSSR count). The van der Waals surface area contributed by atoms with Gasteiger partial charge in [0.2, 0.25) is 17.7 Å². The van der Waals surface area contributed by atoms with E-state index >= 15 is 0 Å². The van der Waals surface area contributed by atoms with Gasteiger partial charge < -0.3 is 43.4 Å². The van der Waals surface area contributed by atoms with Gasteiger partial charge in [-0.05, 0) is 18.4 Å². The van der Waals surface area contributed by atoms with Gasteiger partial charge in [-0.3, -0.25) is 24.2 Å². The minimum absolute atomic E-state index is 0.0639. The predicted molar refractivity (Wildman–Crippen MR) is 120 cm³/mol. The van der Waals surface area contributed by atoms with E-state index < -0.39 is 55.0 Å². The minimum Gasteiger partial charge on any atom is -0.480 e. The van der Waals surface area contributed by atoms with Gasteiger partial charge in [0.15, 0.2) is 5.96 Å². The molecule has 0 saturated heterocycles. The number of aliphatic imine (C=N–C) groups is 1. The lowest BCUT2D eigenvalue weighted by atomic mass is 10.0. The number of guanidine groups is 1. The van der Waals surface area contributed by atoms with Crippen LogP contribution in [0.5, 0.6) is 0 Å². The van der Waals surface area contributed by atoms with E-state index in [0.29, 0.717) is 12.0 Å². The molecule has 3 atom stereocenters. The zero-order valence-corrected chi connectivity index (χ0v) is 18.1. The maximum Gasteiger partial charge on any atom is 0.322 e. The van der Waals surface area contributed by atoms with Gasteiger partial charge in [0.1, 0.15) is 18.6 Å². The lowest BCUT2D eigenvalue weighted by Gasteiger charge is -2.23. The Morgan fingerprint density at radius 3 is 2.18 bits per heavy atom. The fourth-order valence-electron chi connectivity index (χ4n) is 2.74. The minimum atomic E-state index is -1.37. The molecular weight excluding hydrogens is 434 g/mol. The lowest BCUT2D eigenvalue weighted by Crippen LogP contribution is -2.57. The Kier molecular flexibility index (Phi) is 11.9. The van der Waals surface area contributed by atoms with Crippen molar-refractivity contribution in [2.75, 3.05) is 19.7 Å². The molecule has 0 aliphatic rings. The van der Waals surface area contributed by atoms with Crippen LogP contribution in [-0.4, -0.2) is 77.7 Å². The van der Waals surface area contributed by atoms with Crippen LogP contribution in [0.15, 0.2) is 35.3 Å². The topological polar surface area (TPSA) is 235 Å². The summed E-state index contributed by atoms with van der Waals surface area (Å²) in [6, 6.07) is 5.25. The smallest absolute Gasteiger partial charge is 0.322 e. The van der Waals surface area contributed by atoms with Crippen LogP contribution in [0.2, 0.25) is 0 Å². The van der Waals surface area contributed by atoms with Crippen molar-refractivity contribution < 1.29 is 29.4 Å². The summed E-state index contributed by atoms with van der Waals surface area (Å²) in [4.78, 5) is 51.9. The Hall–Kier alpha value is -3.71. The molecule has 0 aliphatic carbocycles. The van der Waals surface area contributed by atoms with Crippen LogP contribution in [-0.2, 0) is 25.6 Å². The molecule has 1 aromatic rings. The summed E-state index contributed by atoms with van der Waals surface area (Å²) in [5.74, 6) is -3.56. The number of aliphatic hydroxyl groups is 1. The van der Waals surface area contributed by atoms with Crippen LogP contribution in [0.3, 0.4) is 0 Å². The average molecular weight is 466 g/mol. The number of carbonyl (C=O) groups is 4. The Morgan fingerprint density at radius 2 is 1.61 bits per heavy atom. The van der Waals surface area contributed by atoms with E-state index in [1.165, 1.54) is 0 Å². The second kappa shape index (κ2) is 14.4. The second-order valence-electron chi connectivity index (χ2n) is 7.16. The molecule has 3 unspecified atom stereocenters. The lowest BCUT2D eigenvalue weighted by molar-refractivity contribution is -0.138. The van der Waals surface area contributed by atoms with Gasteiger partial charge in [0.05, 0.1) is 12.6 Å². The van der Waals surface area contributed by atoms with Gasteiger partial charge >= 0.3 is 5.97 Å². The summed E-state index contributed by atoms with van der Waals surface area (Å²) < 4.78 is 0. The Labute approximate surface area is 190 Å². The SMILES string of the molecule is NC(N)=NCCCC(N)C(=O)NC(CO)C(=O)NC(Cc1ccccc1)C(=O)NCC(=O)O. The van der Waals surface area contributed by atoms with E-state index in [1.807, 2.05) is 0 Å². The molecule has 3 amide bonds. The Bertz CT molecular complexity index is 829. The van der Waals surface area contributed by atoms with Crippen molar-refractivity contribution >= 4 is 29.7 Å². The molecule has 0 heterocycles. The summed E-state index contributed by atoms with van der Waals surface area (Å²) in [5, 5.41) is 25.4. The van der Waals surface area contributed by atoms with Crippen molar-refractivity contribution in [1.29, 1.82) is 0 Å². The molecule has 1 aromatic carbocycles. The molecule has 0 spiro atoms. The van der Waals surface area contributed by atoms with Crippen LogP contribution < -0.4 is 33.2 Å². The van der Waals surface area contributed by atoms with Crippen molar-refractivity contribution in [2.24, 2.45) is 22.2 Å². The zero-order chi connectivity index (χ0) is 24.8. The molecule has 0 radical (unpaired) electrons. The van der Waals surface area contributed by atoms with Gasteiger partial charge in [-0.1, -0.05) is 30.3 Å². The number of hydrogen-bond donors (Lipinski definition) is 8. The molecular formula is C20H31N7O6. The van der Waals surface area contributed by atoms with Crippen LogP contribution in [0.4, 0.5) is 0 Å². The van der Waals surface area contributed by atoms with E-state index in [9.17, 15) is 24.3 Å². The van der Waals surface area contributed by atoms with Crippen LogP contribution in [0.25, 0.3) is 0 Å². The molecule has 0 fully saturated rings. The number of amides is 3. The van der Waals surface area contributed by atoms with Crippen LogP contribution in [0, 0.1) is 0 Å². The summed E-state index contributed by atoms with van der Waals surface area (Å²) in [6.07, 6.45) is 0.719. The summed E-state index contributed by atoms with van der Waals surface area (Å²) in [5.41, 5.74) is 16.9. The number of carboxylic acid groups (broad SMARTS) is 1. The van der Waals surface area contributed by atoms with Crippen LogP contribution >= 0.6 is 0 Å². The molecule has 0 saturated carbocycles. The fraction of sp³-hybridized carbons (Fsp3) is 0.450. The maximum atomic E-state index is 12.6. The van der Waals surface area contributed by atoms with Crippen molar-refractivity contribution in [3.05, 3.63) is 35.9 Å². The third-order valence-corrected chi connectivity index (χ3v) is 4.45. The molecule has 182 valence electrons. The van der Waals surface area contributed by atoms with Gasteiger partial charge in [-0.2, -0.15) is 0 Å². The number of carboxylic acids is 1. The fourth-order valence-corrected chi connectivity index (χ4v) is 2.74. The largest absolute Gasteiger partial charge is 0.480 e. The van der Waals surface area contributed by atoms with Crippen molar-refractivity contribution in [3.63, 3.8) is 0 Å². The van der Waals surface area contributed by atoms with E-state index in [0.717, 1.165) is 0 Å². The average Bonchev–Trinajstić information content (AvgIpc) is 2.78. The molecule has 13 nitrogen and oxygen atoms in total. The number of nitrogens with zero attached hydrogens (tertiary/aromatic N) is 1. The first-order valence-corrected chi connectivity index (χ1v) is 10.2. The number of benzene rings is 1. The highest BCUT2D eigenvalue weighted by atomic mass is 16.4. The number of carbonyl (C=O) groups excluding carboxylic acids is 3. The quantitative estimate of drug-likeness (QED) is 0.0782. The molecule has 11 N–H and O–H groups in total. The first-order valence-electron chi connectivity index (χ1n) is 10.2. The molecule has 13 heteroatoms. The van der Waals surface area contributed by atoms with Gasteiger partial charge in [0.25, 0.3) is 0 Å². The standard InChI is InChI=1S/C20H31N7O6/c21-13(7-4-8-24-20(22)23)17(31)27-15(11-28)19(33)26-14(18(32)25-10-16(29)30)9-12-5-2-1-3-6-12/h1-3,5-6,13-15,28H,4,7-11,21H2,(H,25,32)(H,26,33)(H,27,31)(H,29,30)(H4,22,23,24). The Balaban J connectivity index is 2.76. The van der Waals surface area contributed by atoms with E-state index in [1.54, 1.807) is 30.3 Å². The van der Waals surface area contributed by atoms with Gasteiger partial charge in [-0.25, -0.2) is 0 Å². The third-order valence-electron chi connectivity index (χ3n) is 4.45. The first-order chi connectivity index (χ1) is 15.6. The predicted octanol–water partition coefficient (Wildman–Crippen LogP) is -3.23. The van der Waals surface area contributed by atoms with E-state index in [4.69, 9.17) is 22.3 Å². The monoisotopic (exact) mass is 465 g/mol. The molecule has 0 aromatic heterocycles. The number of aliphatic hydroxyl groups excluding tert-OH is 1. The number of nitrogens with two attached hydrogens (primary N) is 3. The Morgan fingerprint density at radius 1 is 0.970 bits per heavy atom. The van der Waals surface area contributed by atoms with Gasteiger partial charge in [-0.15, -0.1) is 0 Å². The number of hydrogen-bond acceptors (Lipinski definition) is 7. The third kappa shape index (κ3) is 10.9. The second-order valence-corrected chi connectivity index (χ2v) is 7.16. The van der Waals surface area contributed by atoms with Gasteiger partial charge in [0, 0.05) is 13.0 Å². The number of aliphatic carboxylic acids is 1. The number of rotatable bonds is 14. The molecule has 33 heavy (non-hydrogen) atoms. The molecule has 0 aliphatic heterocycles. The summed E-state index contributed by atoms with van der Waals surface area (Å²) in [7, 11) is 0. The first kappa shape index (κ1) is 27.3. The number of nitrogens with one attached hydrogen (secondary N) is 3. The summed E-state index contributed by atoms with van der Waals surface area (Å²) >= 11 is 0. The van der Waals surface area contributed by atoms with Crippen molar-refractivity contribution in [2.45, 2.75) is 37.4 Å². The highest BCUT2D eigenvalue weighted by Crippen LogP contribution is 2.04. The highest BCUT2D eigenvalue weighted by molar-refractivity contribution is 5.93. The van der Waals surface area contributed by atoms with Crippen molar-refractivity contribution in [1.82, 2.24) is 16.0 Å². The summed E-state index contributed by atoms with van der Waals surface area (Å²) in [6.45, 7) is -1.10. The normalized spacial score (nSPS) is 13.2. The van der Waals surface area contributed by atoms with E-state index in [-0.39, 0.29) is 25.3 Å². The van der Waals surface area contributed by atoms with Crippen molar-refractivity contribution in [3.8, 4) is 0 Å². The maximum absolute atomic E-state index is 12.6. The highest BCUT2D eigenvalue weighted by Gasteiger charge is 2.28. The zero-order valence-electron chi connectivity index (χ0n) is 18.1. The van der Waals surface area contributed by atoms with E-state index in [2.05, 4.69) is 20.9 Å². The molecule has 0 bridgehead atoms. The van der Waals surface area contributed by atoms with Crippen LogP contribution in [0.1, 0.15) is 18.4 Å².